The summed E-state index contributed by atoms with van der Waals surface area (Å²) >= 11 is 0. The van der Waals surface area contributed by atoms with Crippen LogP contribution in [0.25, 0.3) is 0 Å². The van der Waals surface area contributed by atoms with E-state index in [4.69, 9.17) is 0 Å². The summed E-state index contributed by atoms with van der Waals surface area (Å²) in [6.45, 7) is 5.12. The van der Waals surface area contributed by atoms with Gasteiger partial charge in [0, 0.05) is 6.20 Å². The van der Waals surface area contributed by atoms with Crippen LogP contribution in [-0.4, -0.2) is 19.2 Å². The summed E-state index contributed by atoms with van der Waals surface area (Å²) in [7, 11) is -3.27. The maximum atomic E-state index is 11.5. The fourth-order valence-electron chi connectivity index (χ4n) is 1.03. The third-order valence-electron chi connectivity index (χ3n) is 1.59. The van der Waals surface area contributed by atoms with Crippen molar-refractivity contribution in [2.45, 2.75) is 11.9 Å². The van der Waals surface area contributed by atoms with Gasteiger partial charge in [-0.25, -0.2) is 13.4 Å². The van der Waals surface area contributed by atoms with Crippen LogP contribution in [0.4, 0.5) is 0 Å². The predicted molar refractivity (Wildman–Crippen MR) is 51.2 cm³/mol. The molecule has 0 radical (unpaired) electrons. The first-order chi connectivity index (χ1) is 6.08. The molecule has 1 heterocycles. The number of rotatable bonds is 3. The monoisotopic (exact) mass is 197 g/mol. The molecular formula is C9H11NO2S. The van der Waals surface area contributed by atoms with Gasteiger partial charge in [-0.1, -0.05) is 12.1 Å². The Hall–Kier alpha value is -1.16. The summed E-state index contributed by atoms with van der Waals surface area (Å²) in [4.78, 5) is 3.83. The first-order valence-electron chi connectivity index (χ1n) is 3.83. The number of nitrogens with zero attached hydrogens (tertiary/aromatic N) is 1. The summed E-state index contributed by atoms with van der Waals surface area (Å²) in [5.41, 5.74) is 0.671. The minimum atomic E-state index is -3.27. The minimum absolute atomic E-state index is 0.0646. The average Bonchev–Trinajstić information content (AvgIpc) is 2.04. The molecule has 0 saturated heterocycles. The Morgan fingerprint density at radius 3 is 2.85 bits per heavy atom. The minimum Gasteiger partial charge on any atom is -0.244 e. The molecule has 0 N–H and O–H groups in total. The second-order valence-electron chi connectivity index (χ2n) is 2.70. The molecule has 0 atom stereocenters. The van der Waals surface area contributed by atoms with Crippen LogP contribution in [0.15, 0.2) is 36.0 Å². The largest absolute Gasteiger partial charge is 0.244 e. The zero-order valence-corrected chi connectivity index (χ0v) is 8.21. The summed E-state index contributed by atoms with van der Waals surface area (Å²) in [5, 5.41) is 0.148. The highest BCUT2D eigenvalue weighted by molar-refractivity contribution is 7.91. The fraction of sp³-hybridized carbons (Fsp3) is 0.222. The van der Waals surface area contributed by atoms with Gasteiger partial charge in [-0.15, -0.1) is 6.58 Å². The van der Waals surface area contributed by atoms with E-state index in [9.17, 15) is 8.42 Å². The Morgan fingerprint density at radius 2 is 2.31 bits per heavy atom. The van der Waals surface area contributed by atoms with E-state index in [-0.39, 0.29) is 10.8 Å². The van der Waals surface area contributed by atoms with Crippen LogP contribution in [0.2, 0.25) is 0 Å². The molecule has 4 heteroatoms. The normalized spacial score (nSPS) is 11.2. The van der Waals surface area contributed by atoms with Crippen molar-refractivity contribution >= 4 is 9.84 Å². The van der Waals surface area contributed by atoms with Crippen LogP contribution in [0, 0.1) is 6.92 Å². The number of sulfone groups is 1. The van der Waals surface area contributed by atoms with Crippen molar-refractivity contribution in [1.29, 1.82) is 0 Å². The fourth-order valence-corrected chi connectivity index (χ4v) is 2.28. The molecule has 1 aromatic rings. The van der Waals surface area contributed by atoms with Gasteiger partial charge < -0.3 is 0 Å². The molecule has 0 saturated carbocycles. The lowest BCUT2D eigenvalue weighted by Crippen LogP contribution is -2.08. The van der Waals surface area contributed by atoms with E-state index in [1.165, 1.54) is 12.3 Å². The molecule has 3 nitrogen and oxygen atoms in total. The Labute approximate surface area is 78.0 Å². The van der Waals surface area contributed by atoms with Crippen LogP contribution in [-0.2, 0) is 9.84 Å². The molecular weight excluding hydrogens is 186 g/mol. The van der Waals surface area contributed by atoms with Gasteiger partial charge in [-0.2, -0.15) is 0 Å². The molecule has 0 aliphatic carbocycles. The molecule has 1 aromatic heterocycles. The predicted octanol–water partition coefficient (Wildman–Crippen LogP) is 1.35. The SMILES string of the molecule is C=CCS(=O)(=O)c1ncccc1C. The van der Waals surface area contributed by atoms with E-state index < -0.39 is 9.84 Å². The van der Waals surface area contributed by atoms with Crippen molar-refractivity contribution < 1.29 is 8.42 Å². The van der Waals surface area contributed by atoms with Crippen molar-refractivity contribution in [2.24, 2.45) is 0 Å². The highest BCUT2D eigenvalue weighted by Gasteiger charge is 2.15. The van der Waals surface area contributed by atoms with Gasteiger partial charge in [0.1, 0.15) is 0 Å². The molecule has 0 aromatic carbocycles. The maximum absolute atomic E-state index is 11.5. The summed E-state index contributed by atoms with van der Waals surface area (Å²) in [5.74, 6) is -0.0646. The van der Waals surface area contributed by atoms with Gasteiger partial charge in [0.05, 0.1) is 5.75 Å². The zero-order chi connectivity index (χ0) is 9.90. The highest BCUT2D eigenvalue weighted by Crippen LogP contribution is 2.12. The Morgan fingerprint density at radius 1 is 1.62 bits per heavy atom. The van der Waals surface area contributed by atoms with E-state index in [2.05, 4.69) is 11.6 Å². The highest BCUT2D eigenvalue weighted by atomic mass is 32.2. The van der Waals surface area contributed by atoms with Crippen molar-refractivity contribution in [2.75, 3.05) is 5.75 Å². The molecule has 1 rings (SSSR count). The van der Waals surface area contributed by atoms with E-state index >= 15 is 0 Å². The Balaban J connectivity index is 3.22. The van der Waals surface area contributed by atoms with Gasteiger partial charge in [0.25, 0.3) is 0 Å². The smallest absolute Gasteiger partial charge is 0.199 e. The topological polar surface area (TPSA) is 47.0 Å². The van der Waals surface area contributed by atoms with E-state index in [1.54, 1.807) is 19.1 Å². The van der Waals surface area contributed by atoms with Gasteiger partial charge in [0.15, 0.2) is 14.9 Å². The third-order valence-corrected chi connectivity index (χ3v) is 3.28. The molecule has 0 amide bonds. The van der Waals surface area contributed by atoms with Gasteiger partial charge in [-0.3, -0.25) is 0 Å². The molecule has 0 spiro atoms. The van der Waals surface area contributed by atoms with E-state index in [0.717, 1.165) is 0 Å². The van der Waals surface area contributed by atoms with Crippen molar-refractivity contribution in [1.82, 2.24) is 4.98 Å². The van der Waals surface area contributed by atoms with Gasteiger partial charge >= 0.3 is 0 Å². The summed E-state index contributed by atoms with van der Waals surface area (Å²) < 4.78 is 23.0. The number of pyridine rings is 1. The Bertz CT molecular complexity index is 409. The zero-order valence-electron chi connectivity index (χ0n) is 7.40. The van der Waals surface area contributed by atoms with Crippen LogP contribution >= 0.6 is 0 Å². The van der Waals surface area contributed by atoms with E-state index in [1.807, 2.05) is 0 Å². The number of aryl methyl sites for hydroxylation is 1. The van der Waals surface area contributed by atoms with Crippen LogP contribution in [0.3, 0.4) is 0 Å². The molecule has 0 fully saturated rings. The lowest BCUT2D eigenvalue weighted by Gasteiger charge is -2.02. The molecule has 0 aliphatic heterocycles. The van der Waals surface area contributed by atoms with Crippen molar-refractivity contribution in [3.05, 3.63) is 36.5 Å². The third kappa shape index (κ3) is 2.15. The second kappa shape index (κ2) is 3.70. The standard InChI is InChI=1S/C9H11NO2S/c1-3-7-13(11,12)9-8(2)5-4-6-10-9/h3-6H,1,7H2,2H3. The summed E-state index contributed by atoms with van der Waals surface area (Å²) in [6, 6.07) is 3.44. The van der Waals surface area contributed by atoms with Gasteiger partial charge in [-0.05, 0) is 18.6 Å². The molecule has 70 valence electrons. The maximum Gasteiger partial charge on any atom is 0.199 e. The number of hydrogen-bond acceptors (Lipinski definition) is 3. The summed E-state index contributed by atoms with van der Waals surface area (Å²) in [6.07, 6.45) is 2.84. The Kier molecular flexibility index (Phi) is 2.83. The lowest BCUT2D eigenvalue weighted by molar-refractivity contribution is 0.594. The van der Waals surface area contributed by atoms with Crippen LogP contribution in [0.5, 0.6) is 0 Å². The van der Waals surface area contributed by atoms with Crippen molar-refractivity contribution in [3.8, 4) is 0 Å². The first kappa shape index (κ1) is 9.92. The van der Waals surface area contributed by atoms with Crippen molar-refractivity contribution in [3.63, 3.8) is 0 Å². The number of aromatic nitrogens is 1. The molecule has 0 bridgehead atoms. The first-order valence-corrected chi connectivity index (χ1v) is 5.48. The number of hydrogen-bond donors (Lipinski definition) is 0. The van der Waals surface area contributed by atoms with Gasteiger partial charge in [0.2, 0.25) is 0 Å². The molecule has 13 heavy (non-hydrogen) atoms. The van der Waals surface area contributed by atoms with E-state index in [0.29, 0.717) is 5.56 Å². The molecule has 0 unspecified atom stereocenters. The molecule has 0 aliphatic rings. The quantitative estimate of drug-likeness (QED) is 0.687. The lowest BCUT2D eigenvalue weighted by atomic mass is 10.3. The average molecular weight is 197 g/mol. The second-order valence-corrected chi connectivity index (χ2v) is 4.65. The van der Waals surface area contributed by atoms with Crippen LogP contribution < -0.4 is 0 Å². The van der Waals surface area contributed by atoms with Crippen LogP contribution in [0.1, 0.15) is 5.56 Å².